The quantitative estimate of drug-likeness (QED) is 0.735. The number of amides is 1. The van der Waals surface area contributed by atoms with Crippen LogP contribution in [-0.2, 0) is 9.22 Å². The fourth-order valence-corrected chi connectivity index (χ4v) is 5.26. The Kier molecular flexibility index (Phi) is 5.81. The molecule has 1 amide bonds. The van der Waals surface area contributed by atoms with E-state index in [4.69, 9.17) is 10.2 Å². The first-order chi connectivity index (χ1) is 9.11. The van der Waals surface area contributed by atoms with Crippen molar-refractivity contribution in [2.45, 2.75) is 64.8 Å². The molecule has 5 heteroatoms. The Bertz CT molecular complexity index is 343. The van der Waals surface area contributed by atoms with Gasteiger partial charge in [-0.3, -0.25) is 4.79 Å². The van der Waals surface area contributed by atoms with Gasteiger partial charge in [0.2, 0.25) is 5.91 Å². The third-order valence-corrected chi connectivity index (χ3v) is 9.87. The van der Waals surface area contributed by atoms with Crippen molar-refractivity contribution in [3.8, 4) is 0 Å². The SMILES string of the molecule is CC(C)C(C)(C)[Si](C)(C)OC1CC(=O)N(CCCN)C1. The minimum atomic E-state index is -1.85. The van der Waals surface area contributed by atoms with Crippen molar-refractivity contribution < 1.29 is 9.22 Å². The fourth-order valence-electron chi connectivity index (χ4n) is 2.58. The number of rotatable bonds is 7. The highest BCUT2D eigenvalue weighted by Gasteiger charge is 2.46. The third-order valence-electron chi connectivity index (χ3n) is 5.27. The summed E-state index contributed by atoms with van der Waals surface area (Å²) in [5.74, 6) is 0.796. The smallest absolute Gasteiger partial charge is 0.225 e. The van der Waals surface area contributed by atoms with Crippen LogP contribution in [0.1, 0.15) is 40.5 Å². The number of nitrogens with zero attached hydrogens (tertiary/aromatic N) is 1. The van der Waals surface area contributed by atoms with Gasteiger partial charge in [0.25, 0.3) is 0 Å². The highest BCUT2D eigenvalue weighted by atomic mass is 28.4. The number of carbonyl (C=O) groups is 1. The summed E-state index contributed by atoms with van der Waals surface area (Å²) in [6.45, 7) is 15.8. The predicted octanol–water partition coefficient (Wildman–Crippen LogP) is 2.59. The number of likely N-dealkylation sites (tertiary alicyclic amines) is 1. The van der Waals surface area contributed by atoms with Crippen LogP contribution >= 0.6 is 0 Å². The fraction of sp³-hybridized carbons (Fsp3) is 0.933. The largest absolute Gasteiger partial charge is 0.412 e. The molecule has 0 aromatic rings. The topological polar surface area (TPSA) is 55.6 Å². The third kappa shape index (κ3) is 3.83. The average molecular weight is 301 g/mol. The van der Waals surface area contributed by atoms with E-state index < -0.39 is 8.32 Å². The van der Waals surface area contributed by atoms with Gasteiger partial charge in [-0.05, 0) is 37.0 Å². The van der Waals surface area contributed by atoms with Crippen LogP contribution < -0.4 is 5.73 Å². The van der Waals surface area contributed by atoms with Gasteiger partial charge in [0.05, 0.1) is 12.5 Å². The van der Waals surface area contributed by atoms with Gasteiger partial charge in [-0.1, -0.05) is 27.7 Å². The van der Waals surface area contributed by atoms with Crippen molar-refractivity contribution >= 4 is 14.2 Å². The van der Waals surface area contributed by atoms with Crippen LogP contribution in [-0.4, -0.2) is 44.9 Å². The van der Waals surface area contributed by atoms with Crippen LogP contribution in [0.5, 0.6) is 0 Å². The second-order valence-electron chi connectivity index (χ2n) is 7.31. The Balaban J connectivity index is 2.64. The molecule has 1 aliphatic heterocycles. The van der Waals surface area contributed by atoms with Crippen molar-refractivity contribution in [2.24, 2.45) is 11.7 Å². The molecule has 4 nitrogen and oxygen atoms in total. The summed E-state index contributed by atoms with van der Waals surface area (Å²) in [7, 11) is -1.85. The Morgan fingerprint density at radius 3 is 2.55 bits per heavy atom. The van der Waals surface area contributed by atoms with Crippen molar-refractivity contribution in [1.82, 2.24) is 4.90 Å². The molecule has 0 aromatic carbocycles. The first-order valence-electron chi connectivity index (χ1n) is 7.77. The second kappa shape index (κ2) is 6.58. The second-order valence-corrected chi connectivity index (χ2v) is 11.9. The summed E-state index contributed by atoms with van der Waals surface area (Å²) in [4.78, 5) is 13.9. The van der Waals surface area contributed by atoms with Crippen LogP contribution in [0.15, 0.2) is 0 Å². The van der Waals surface area contributed by atoms with Gasteiger partial charge >= 0.3 is 0 Å². The first kappa shape index (κ1) is 17.7. The monoisotopic (exact) mass is 300 g/mol. The molecule has 1 atom stereocenters. The maximum Gasteiger partial charge on any atom is 0.225 e. The van der Waals surface area contributed by atoms with Gasteiger partial charge in [0.15, 0.2) is 8.32 Å². The summed E-state index contributed by atoms with van der Waals surface area (Å²) in [5, 5.41) is 0.195. The molecular formula is C15H32N2O2Si. The van der Waals surface area contributed by atoms with E-state index in [0.29, 0.717) is 18.9 Å². The van der Waals surface area contributed by atoms with E-state index in [-0.39, 0.29) is 17.0 Å². The minimum Gasteiger partial charge on any atom is -0.412 e. The molecule has 0 bridgehead atoms. The van der Waals surface area contributed by atoms with Crippen molar-refractivity contribution in [2.75, 3.05) is 19.6 Å². The van der Waals surface area contributed by atoms with Gasteiger partial charge in [0, 0.05) is 13.1 Å². The molecule has 0 aliphatic carbocycles. The van der Waals surface area contributed by atoms with Gasteiger partial charge in [-0.2, -0.15) is 0 Å². The lowest BCUT2D eigenvalue weighted by Gasteiger charge is -2.43. The average Bonchev–Trinajstić information content (AvgIpc) is 2.65. The molecular weight excluding hydrogens is 268 g/mol. The van der Waals surface area contributed by atoms with Gasteiger partial charge < -0.3 is 15.1 Å². The number of nitrogens with two attached hydrogens (primary N) is 1. The summed E-state index contributed by atoms with van der Waals surface area (Å²) in [6.07, 6.45) is 1.48. The van der Waals surface area contributed by atoms with Crippen LogP contribution in [0.4, 0.5) is 0 Å². The Hall–Kier alpha value is -0.393. The molecule has 0 aromatic heterocycles. The lowest BCUT2D eigenvalue weighted by atomic mass is 9.99. The summed E-state index contributed by atoms with van der Waals surface area (Å²) < 4.78 is 6.45. The Labute approximate surface area is 125 Å². The predicted molar refractivity (Wildman–Crippen MR) is 86.1 cm³/mol. The zero-order chi connectivity index (χ0) is 15.6. The van der Waals surface area contributed by atoms with Crippen LogP contribution in [0, 0.1) is 5.92 Å². The standard InChI is InChI=1S/C15H32N2O2Si/c1-12(2)15(3,4)20(5,6)19-13-10-14(18)17(11-13)9-7-8-16/h12-13H,7-11,16H2,1-6H3. The molecule has 118 valence electrons. The van der Waals surface area contributed by atoms with E-state index in [1.54, 1.807) is 0 Å². The Morgan fingerprint density at radius 2 is 2.05 bits per heavy atom. The molecule has 0 saturated carbocycles. The van der Waals surface area contributed by atoms with Crippen LogP contribution in [0.3, 0.4) is 0 Å². The number of hydrogen-bond acceptors (Lipinski definition) is 3. The highest BCUT2D eigenvalue weighted by Crippen LogP contribution is 2.45. The van der Waals surface area contributed by atoms with Crippen molar-refractivity contribution in [3.63, 3.8) is 0 Å². The molecule has 1 rings (SSSR count). The van der Waals surface area contributed by atoms with E-state index in [1.165, 1.54) is 0 Å². The van der Waals surface area contributed by atoms with E-state index >= 15 is 0 Å². The molecule has 2 N–H and O–H groups in total. The van der Waals surface area contributed by atoms with E-state index in [1.807, 2.05) is 4.90 Å². The molecule has 1 saturated heterocycles. The van der Waals surface area contributed by atoms with Crippen molar-refractivity contribution in [3.05, 3.63) is 0 Å². The maximum atomic E-state index is 12.0. The van der Waals surface area contributed by atoms with Crippen LogP contribution in [0.25, 0.3) is 0 Å². The lowest BCUT2D eigenvalue weighted by molar-refractivity contribution is -0.127. The summed E-state index contributed by atoms with van der Waals surface area (Å²) in [6, 6.07) is 0. The maximum absolute atomic E-state index is 12.0. The van der Waals surface area contributed by atoms with Crippen LogP contribution in [0.2, 0.25) is 18.1 Å². The lowest BCUT2D eigenvalue weighted by Crippen LogP contribution is -2.48. The van der Waals surface area contributed by atoms with Gasteiger partial charge in [-0.15, -0.1) is 0 Å². The Morgan fingerprint density at radius 1 is 1.45 bits per heavy atom. The van der Waals surface area contributed by atoms with E-state index in [0.717, 1.165) is 19.5 Å². The van der Waals surface area contributed by atoms with Crippen molar-refractivity contribution in [1.29, 1.82) is 0 Å². The minimum absolute atomic E-state index is 0.0694. The van der Waals surface area contributed by atoms with E-state index in [2.05, 4.69) is 40.8 Å². The highest BCUT2D eigenvalue weighted by molar-refractivity contribution is 6.74. The molecule has 1 aliphatic rings. The van der Waals surface area contributed by atoms with E-state index in [9.17, 15) is 4.79 Å². The molecule has 1 fully saturated rings. The molecule has 0 radical (unpaired) electrons. The summed E-state index contributed by atoms with van der Waals surface area (Å²) in [5.41, 5.74) is 5.52. The zero-order valence-corrected chi connectivity index (χ0v) is 15.0. The number of hydrogen-bond donors (Lipinski definition) is 1. The number of carbonyl (C=O) groups excluding carboxylic acids is 1. The normalized spacial score (nSPS) is 21.1. The first-order valence-corrected chi connectivity index (χ1v) is 10.7. The molecule has 0 spiro atoms. The molecule has 1 heterocycles. The zero-order valence-electron chi connectivity index (χ0n) is 14.0. The molecule has 1 unspecified atom stereocenters. The van der Waals surface area contributed by atoms with Gasteiger partial charge in [-0.25, -0.2) is 0 Å². The summed E-state index contributed by atoms with van der Waals surface area (Å²) >= 11 is 0. The molecule has 20 heavy (non-hydrogen) atoms. The van der Waals surface area contributed by atoms with Gasteiger partial charge in [0.1, 0.15) is 0 Å².